The molecule has 1 aliphatic heterocycles. The van der Waals surface area contributed by atoms with Crippen molar-refractivity contribution in [1.29, 1.82) is 0 Å². The van der Waals surface area contributed by atoms with Gasteiger partial charge in [-0.1, -0.05) is 79.3 Å². The smallest absolute Gasteiger partial charge is 0.165 e. The predicted octanol–water partition coefficient (Wildman–Crippen LogP) is 6.73. The first-order chi connectivity index (χ1) is 18.5. The van der Waals surface area contributed by atoms with Gasteiger partial charge in [0.25, 0.3) is 0 Å². The van der Waals surface area contributed by atoms with Gasteiger partial charge in [-0.3, -0.25) is 0 Å². The van der Waals surface area contributed by atoms with Crippen molar-refractivity contribution in [2.45, 2.75) is 128 Å². The molecule has 0 N–H and O–H groups in total. The number of methoxy groups -OCH3 is 2. The Hall–Kier alpha value is -1.34. The van der Waals surface area contributed by atoms with Crippen LogP contribution in [0.4, 0.5) is 0 Å². The molecule has 1 fully saturated rings. The molecule has 8 nitrogen and oxygen atoms in total. The van der Waals surface area contributed by atoms with Gasteiger partial charge in [0.05, 0.1) is 6.61 Å². The minimum absolute atomic E-state index is 0.220. The molecule has 0 aromatic rings. The van der Waals surface area contributed by atoms with Gasteiger partial charge in [0.2, 0.25) is 0 Å². The maximum Gasteiger partial charge on any atom is 0.165 e. The quantitative estimate of drug-likeness (QED) is 0.0568. The second-order valence-electron chi connectivity index (χ2n) is 11.3. The van der Waals surface area contributed by atoms with Crippen molar-refractivity contribution < 1.29 is 23.7 Å². The van der Waals surface area contributed by atoms with Crippen molar-refractivity contribution >= 4 is 16.1 Å². The molecule has 1 unspecified atom stereocenters. The molecule has 0 aromatic carbocycles. The number of hydrogen-bond donors (Lipinski definition) is 0. The Kier molecular flexibility index (Phi) is 16.0. The summed E-state index contributed by atoms with van der Waals surface area (Å²) in [6.45, 7) is 21.2. The summed E-state index contributed by atoms with van der Waals surface area (Å²) in [5.74, 6) is 6.61. The molecule has 1 saturated heterocycles. The molecule has 1 rings (SSSR count). The van der Waals surface area contributed by atoms with E-state index in [0.717, 1.165) is 18.1 Å². The summed E-state index contributed by atoms with van der Waals surface area (Å²) in [4.78, 5) is 2.95. The number of hydrogen-bond acceptors (Lipinski definition) is 6. The minimum Gasteiger partial charge on any atom is -0.376 e. The van der Waals surface area contributed by atoms with Crippen LogP contribution in [0.2, 0.25) is 34.8 Å². The summed E-state index contributed by atoms with van der Waals surface area (Å²) in [6.07, 6.45) is -3.05. The summed E-state index contributed by atoms with van der Waals surface area (Å²) < 4.78 is 29.8. The summed E-state index contributed by atoms with van der Waals surface area (Å²) >= 11 is 0. The molecule has 0 spiro atoms. The van der Waals surface area contributed by atoms with Gasteiger partial charge in [0, 0.05) is 19.1 Å². The largest absolute Gasteiger partial charge is 0.376 e. The first-order valence-corrected chi connectivity index (χ1v) is 19.3. The Morgan fingerprint density at radius 3 is 1.82 bits per heavy atom. The van der Waals surface area contributed by atoms with Crippen molar-refractivity contribution in [3.63, 3.8) is 0 Å². The number of nitrogens with zero attached hydrogens (tertiary/aromatic N) is 3. The number of rotatable bonds is 14. The third kappa shape index (κ3) is 9.08. The van der Waals surface area contributed by atoms with Crippen LogP contribution in [0.1, 0.15) is 62.3 Å². The predicted molar refractivity (Wildman–Crippen MR) is 164 cm³/mol. The van der Waals surface area contributed by atoms with Gasteiger partial charge in [-0.05, 0) is 40.3 Å². The van der Waals surface area contributed by atoms with Gasteiger partial charge in [-0.25, -0.2) is 0 Å². The SMILES string of the molecule is CC[Si](C#CCO[C@H]1[C@H](OC)[C@@H](OC)C(N=[N+]=[N-])O[C@@H]1COCC#C[Si](C(C)C)(C(C)C)C(C)C)(CC)CC. The average Bonchev–Trinajstić information content (AvgIpc) is 2.90. The fourth-order valence-corrected chi connectivity index (χ4v) is 13.8. The fourth-order valence-electron chi connectivity index (χ4n) is 6.12. The highest BCUT2D eigenvalue weighted by atomic mass is 28.3. The van der Waals surface area contributed by atoms with Crippen LogP contribution in [-0.2, 0) is 23.7 Å². The lowest BCUT2D eigenvalue weighted by molar-refractivity contribution is -0.251. The summed E-state index contributed by atoms with van der Waals surface area (Å²) in [5.41, 5.74) is 18.0. The lowest BCUT2D eigenvalue weighted by Gasteiger charge is -2.43. The molecule has 0 amide bonds. The maximum atomic E-state index is 9.11. The van der Waals surface area contributed by atoms with Crippen molar-refractivity contribution in [3.8, 4) is 22.9 Å². The Labute approximate surface area is 239 Å². The fraction of sp³-hybridized carbons (Fsp3) is 0.862. The van der Waals surface area contributed by atoms with Gasteiger partial charge in [-0.2, -0.15) is 0 Å². The molecule has 0 aliphatic carbocycles. The van der Waals surface area contributed by atoms with E-state index in [1.54, 1.807) is 14.2 Å². The van der Waals surface area contributed by atoms with E-state index in [4.69, 9.17) is 29.2 Å². The molecule has 0 bridgehead atoms. The Morgan fingerprint density at radius 1 is 0.821 bits per heavy atom. The summed E-state index contributed by atoms with van der Waals surface area (Å²) in [7, 11) is -0.272. The van der Waals surface area contributed by atoms with E-state index in [0.29, 0.717) is 23.2 Å². The van der Waals surface area contributed by atoms with Gasteiger partial charge in [0.1, 0.15) is 53.8 Å². The van der Waals surface area contributed by atoms with E-state index in [1.807, 2.05) is 0 Å². The van der Waals surface area contributed by atoms with Crippen molar-refractivity contribution in [1.82, 2.24) is 0 Å². The topological polar surface area (TPSA) is 94.9 Å². The van der Waals surface area contributed by atoms with E-state index in [-0.39, 0.29) is 13.2 Å². The molecule has 0 aromatic heterocycles. The van der Waals surface area contributed by atoms with Gasteiger partial charge >= 0.3 is 0 Å². The monoisotopic (exact) mass is 579 g/mol. The maximum absolute atomic E-state index is 9.11. The molecule has 1 heterocycles. The molecule has 10 heteroatoms. The van der Waals surface area contributed by atoms with E-state index in [1.165, 1.54) is 0 Å². The Balaban J connectivity index is 3.13. The van der Waals surface area contributed by atoms with Crippen molar-refractivity contribution in [2.24, 2.45) is 5.11 Å². The molecule has 0 saturated carbocycles. The molecular weight excluding hydrogens is 527 g/mol. The van der Waals surface area contributed by atoms with Crippen LogP contribution in [0, 0.1) is 22.9 Å². The van der Waals surface area contributed by atoms with Crippen LogP contribution in [0.15, 0.2) is 5.11 Å². The van der Waals surface area contributed by atoms with E-state index in [2.05, 4.69) is 95.3 Å². The highest BCUT2D eigenvalue weighted by molar-refractivity contribution is 6.90. The van der Waals surface area contributed by atoms with Crippen LogP contribution in [0.25, 0.3) is 10.4 Å². The zero-order valence-electron chi connectivity index (χ0n) is 26.2. The summed E-state index contributed by atoms with van der Waals surface area (Å²) in [5, 5.41) is 3.81. The lowest BCUT2D eigenvalue weighted by atomic mass is 9.97. The van der Waals surface area contributed by atoms with Gasteiger partial charge in [0.15, 0.2) is 6.23 Å². The van der Waals surface area contributed by atoms with Crippen LogP contribution < -0.4 is 0 Å². The first kappa shape index (κ1) is 35.7. The Morgan fingerprint density at radius 2 is 1.36 bits per heavy atom. The van der Waals surface area contributed by atoms with E-state index in [9.17, 15) is 0 Å². The molecule has 5 atom stereocenters. The number of azide groups is 1. The zero-order valence-corrected chi connectivity index (χ0v) is 28.2. The van der Waals surface area contributed by atoms with Crippen LogP contribution in [-0.4, -0.2) is 80.8 Å². The molecule has 0 radical (unpaired) electrons. The normalized spacial score (nSPS) is 23.7. The summed E-state index contributed by atoms with van der Waals surface area (Å²) in [6, 6.07) is 3.39. The van der Waals surface area contributed by atoms with Crippen LogP contribution >= 0.6 is 0 Å². The minimum atomic E-state index is -1.83. The average molecular weight is 580 g/mol. The van der Waals surface area contributed by atoms with Crippen molar-refractivity contribution in [2.75, 3.05) is 34.0 Å². The Bertz CT molecular complexity index is 868. The van der Waals surface area contributed by atoms with Gasteiger partial charge < -0.3 is 23.7 Å². The third-order valence-electron chi connectivity index (χ3n) is 8.68. The second kappa shape index (κ2) is 17.5. The third-order valence-corrected chi connectivity index (χ3v) is 19.8. The van der Waals surface area contributed by atoms with E-state index < -0.39 is 46.8 Å². The lowest BCUT2D eigenvalue weighted by Crippen LogP contribution is -2.60. The highest BCUT2D eigenvalue weighted by Gasteiger charge is 2.47. The zero-order chi connectivity index (χ0) is 29.6. The van der Waals surface area contributed by atoms with E-state index >= 15 is 0 Å². The molecule has 222 valence electrons. The molecular formula is C29H53N3O5Si2. The van der Waals surface area contributed by atoms with Crippen LogP contribution in [0.5, 0.6) is 0 Å². The van der Waals surface area contributed by atoms with Gasteiger partial charge in [-0.15, -0.1) is 11.1 Å². The van der Waals surface area contributed by atoms with Crippen LogP contribution in [0.3, 0.4) is 0 Å². The molecule has 1 aliphatic rings. The number of ether oxygens (including phenoxy) is 5. The highest BCUT2D eigenvalue weighted by Crippen LogP contribution is 2.40. The molecule has 39 heavy (non-hydrogen) atoms. The second-order valence-corrected chi connectivity index (χ2v) is 21.8. The standard InChI is InChI=1S/C29H53N3O5Si2/c1-12-38(13-2,14-3)19-16-18-36-26-25(37-29(31-32-30)28(34-11)27(26)33-10)21-35-17-15-20-39(22(4)5,23(6)7)24(8)9/h22-29H,12-14,17-18,21H2,1-11H3/t25-,26-,27+,28-,29?/m1/s1. The van der Waals surface area contributed by atoms with Crippen molar-refractivity contribution in [3.05, 3.63) is 10.4 Å². The first-order valence-electron chi connectivity index (χ1n) is 14.5.